The number of β-amino-alcohol motifs (C(OH)–C–C–N with tert-alkyl or cyclic N) is 1. The monoisotopic (exact) mass is 238 g/mol. The van der Waals surface area contributed by atoms with E-state index in [4.69, 9.17) is 5.11 Å². The molecule has 0 bridgehead atoms. The molecule has 5 nitrogen and oxygen atoms in total. The molecule has 1 aliphatic rings. The standard InChI is InChI=1S/C12H22N4O/c1-2-15-7-4-13-12(15)16-6-3-5-14(8-9-16)10-11-17/h4,7,17H,2-3,5-6,8-11H2,1H3. The molecular formula is C12H22N4O. The summed E-state index contributed by atoms with van der Waals surface area (Å²) in [5.74, 6) is 1.08. The zero-order valence-electron chi connectivity index (χ0n) is 10.5. The van der Waals surface area contributed by atoms with E-state index in [0.29, 0.717) is 0 Å². The van der Waals surface area contributed by atoms with Gasteiger partial charge in [0, 0.05) is 45.1 Å². The van der Waals surface area contributed by atoms with Crippen LogP contribution >= 0.6 is 0 Å². The van der Waals surface area contributed by atoms with Crippen LogP contribution in [0.15, 0.2) is 12.4 Å². The highest BCUT2D eigenvalue weighted by Crippen LogP contribution is 2.14. The minimum Gasteiger partial charge on any atom is -0.395 e. The molecule has 2 rings (SSSR count). The van der Waals surface area contributed by atoms with Crippen LogP contribution in [0.1, 0.15) is 13.3 Å². The van der Waals surface area contributed by atoms with Crippen LogP contribution in [0.4, 0.5) is 5.95 Å². The minimum atomic E-state index is 0.254. The molecule has 1 fully saturated rings. The number of anilines is 1. The van der Waals surface area contributed by atoms with E-state index >= 15 is 0 Å². The minimum absolute atomic E-state index is 0.254. The Morgan fingerprint density at radius 2 is 2.18 bits per heavy atom. The Kier molecular flexibility index (Phi) is 4.39. The van der Waals surface area contributed by atoms with Crippen molar-refractivity contribution in [3.63, 3.8) is 0 Å². The Morgan fingerprint density at radius 1 is 1.29 bits per heavy atom. The van der Waals surface area contributed by atoms with Gasteiger partial charge in [-0.2, -0.15) is 0 Å². The summed E-state index contributed by atoms with van der Waals surface area (Å²) in [5.41, 5.74) is 0. The molecule has 1 saturated heterocycles. The fraction of sp³-hybridized carbons (Fsp3) is 0.750. The second-order valence-electron chi connectivity index (χ2n) is 4.42. The molecule has 17 heavy (non-hydrogen) atoms. The number of hydrogen-bond acceptors (Lipinski definition) is 4. The molecule has 0 aromatic carbocycles. The highest BCUT2D eigenvalue weighted by atomic mass is 16.3. The van der Waals surface area contributed by atoms with Crippen molar-refractivity contribution in [1.82, 2.24) is 14.5 Å². The van der Waals surface area contributed by atoms with Crippen molar-refractivity contribution in [2.24, 2.45) is 0 Å². The summed E-state index contributed by atoms with van der Waals surface area (Å²) in [6.45, 7) is 8.28. The molecule has 0 radical (unpaired) electrons. The van der Waals surface area contributed by atoms with Crippen molar-refractivity contribution in [2.75, 3.05) is 44.2 Å². The number of aliphatic hydroxyl groups is 1. The van der Waals surface area contributed by atoms with Gasteiger partial charge < -0.3 is 14.6 Å². The van der Waals surface area contributed by atoms with E-state index in [2.05, 4.69) is 26.3 Å². The van der Waals surface area contributed by atoms with Crippen molar-refractivity contribution in [1.29, 1.82) is 0 Å². The summed E-state index contributed by atoms with van der Waals surface area (Å²) < 4.78 is 2.18. The molecule has 0 unspecified atom stereocenters. The van der Waals surface area contributed by atoms with E-state index in [0.717, 1.165) is 51.6 Å². The maximum absolute atomic E-state index is 8.97. The van der Waals surface area contributed by atoms with Crippen LogP contribution in [-0.2, 0) is 6.54 Å². The summed E-state index contributed by atoms with van der Waals surface area (Å²) in [4.78, 5) is 9.11. The maximum Gasteiger partial charge on any atom is 0.205 e. The Labute approximate surface area is 103 Å². The lowest BCUT2D eigenvalue weighted by Crippen LogP contribution is -2.33. The number of imidazole rings is 1. The molecule has 2 heterocycles. The molecule has 0 amide bonds. The lowest BCUT2D eigenvalue weighted by Gasteiger charge is -2.22. The second kappa shape index (κ2) is 6.02. The number of aromatic nitrogens is 2. The Bertz CT molecular complexity index is 339. The van der Waals surface area contributed by atoms with Crippen LogP contribution in [-0.4, -0.2) is 58.9 Å². The van der Waals surface area contributed by atoms with Gasteiger partial charge in [-0.1, -0.05) is 0 Å². The van der Waals surface area contributed by atoms with Crippen LogP contribution < -0.4 is 4.90 Å². The van der Waals surface area contributed by atoms with Gasteiger partial charge in [0.15, 0.2) is 0 Å². The third-order valence-electron chi connectivity index (χ3n) is 3.32. The summed E-state index contributed by atoms with van der Waals surface area (Å²) in [6, 6.07) is 0. The van der Waals surface area contributed by atoms with Gasteiger partial charge in [0.25, 0.3) is 0 Å². The highest BCUT2D eigenvalue weighted by molar-refractivity contribution is 5.31. The molecule has 1 aromatic rings. The maximum atomic E-state index is 8.97. The van der Waals surface area contributed by atoms with Crippen molar-refractivity contribution < 1.29 is 5.11 Å². The molecule has 1 N–H and O–H groups in total. The summed E-state index contributed by atoms with van der Waals surface area (Å²) >= 11 is 0. The SMILES string of the molecule is CCn1ccnc1N1CCCN(CCO)CC1. The Hall–Kier alpha value is -1.07. The van der Waals surface area contributed by atoms with Gasteiger partial charge in [-0.05, 0) is 19.9 Å². The van der Waals surface area contributed by atoms with E-state index in [1.807, 2.05) is 12.4 Å². The molecule has 0 atom stereocenters. The fourth-order valence-corrected chi connectivity index (χ4v) is 2.37. The van der Waals surface area contributed by atoms with Gasteiger partial charge in [0.1, 0.15) is 0 Å². The zero-order valence-corrected chi connectivity index (χ0v) is 10.5. The molecule has 0 aliphatic carbocycles. The second-order valence-corrected chi connectivity index (χ2v) is 4.42. The first kappa shape index (κ1) is 12.4. The van der Waals surface area contributed by atoms with Crippen molar-refractivity contribution in [3.05, 3.63) is 12.4 Å². The normalized spacial score (nSPS) is 18.4. The van der Waals surface area contributed by atoms with Gasteiger partial charge in [-0.15, -0.1) is 0 Å². The van der Waals surface area contributed by atoms with Crippen LogP contribution in [0, 0.1) is 0 Å². The molecule has 0 saturated carbocycles. The molecule has 1 aromatic heterocycles. The Morgan fingerprint density at radius 3 is 2.94 bits per heavy atom. The highest BCUT2D eigenvalue weighted by Gasteiger charge is 2.17. The van der Waals surface area contributed by atoms with E-state index in [-0.39, 0.29) is 6.61 Å². The molecule has 5 heteroatoms. The summed E-state index contributed by atoms with van der Waals surface area (Å²) in [5, 5.41) is 8.97. The molecule has 96 valence electrons. The summed E-state index contributed by atoms with van der Waals surface area (Å²) in [7, 11) is 0. The van der Waals surface area contributed by atoms with E-state index in [1.54, 1.807) is 0 Å². The third-order valence-corrected chi connectivity index (χ3v) is 3.32. The number of hydrogen-bond donors (Lipinski definition) is 1. The predicted octanol–water partition coefficient (Wildman–Crippen LogP) is 0.407. The zero-order chi connectivity index (χ0) is 12.1. The molecular weight excluding hydrogens is 216 g/mol. The fourth-order valence-electron chi connectivity index (χ4n) is 2.37. The number of aliphatic hydroxyl groups excluding tert-OH is 1. The lowest BCUT2D eigenvalue weighted by molar-refractivity contribution is 0.204. The number of nitrogens with zero attached hydrogens (tertiary/aromatic N) is 4. The number of rotatable bonds is 4. The van der Waals surface area contributed by atoms with Crippen LogP contribution in [0.5, 0.6) is 0 Å². The van der Waals surface area contributed by atoms with Crippen molar-refractivity contribution in [3.8, 4) is 0 Å². The van der Waals surface area contributed by atoms with E-state index < -0.39 is 0 Å². The first-order valence-corrected chi connectivity index (χ1v) is 6.44. The van der Waals surface area contributed by atoms with Gasteiger partial charge in [0.05, 0.1) is 6.61 Å². The topological polar surface area (TPSA) is 44.5 Å². The quantitative estimate of drug-likeness (QED) is 0.825. The smallest absolute Gasteiger partial charge is 0.205 e. The average molecular weight is 238 g/mol. The van der Waals surface area contributed by atoms with E-state index in [9.17, 15) is 0 Å². The van der Waals surface area contributed by atoms with Gasteiger partial charge in [0.2, 0.25) is 5.95 Å². The predicted molar refractivity (Wildman–Crippen MR) is 68.3 cm³/mol. The number of aryl methyl sites for hydroxylation is 1. The van der Waals surface area contributed by atoms with Gasteiger partial charge >= 0.3 is 0 Å². The third kappa shape index (κ3) is 2.98. The van der Waals surface area contributed by atoms with Crippen LogP contribution in [0.25, 0.3) is 0 Å². The van der Waals surface area contributed by atoms with Gasteiger partial charge in [-0.3, -0.25) is 4.90 Å². The molecule has 0 spiro atoms. The van der Waals surface area contributed by atoms with Crippen molar-refractivity contribution >= 4 is 5.95 Å². The van der Waals surface area contributed by atoms with E-state index in [1.165, 1.54) is 0 Å². The summed E-state index contributed by atoms with van der Waals surface area (Å²) in [6.07, 6.45) is 5.04. The largest absolute Gasteiger partial charge is 0.395 e. The van der Waals surface area contributed by atoms with Crippen LogP contribution in [0.3, 0.4) is 0 Å². The van der Waals surface area contributed by atoms with Crippen molar-refractivity contribution in [2.45, 2.75) is 19.9 Å². The lowest BCUT2D eigenvalue weighted by atomic mass is 10.4. The Balaban J connectivity index is 1.99. The van der Waals surface area contributed by atoms with Gasteiger partial charge in [-0.25, -0.2) is 4.98 Å². The van der Waals surface area contributed by atoms with Crippen LogP contribution in [0.2, 0.25) is 0 Å². The molecule has 1 aliphatic heterocycles. The first-order valence-electron chi connectivity index (χ1n) is 6.44. The average Bonchev–Trinajstić information content (AvgIpc) is 2.70. The first-order chi connectivity index (χ1) is 8.35.